The van der Waals surface area contributed by atoms with Gasteiger partial charge in [-0.3, -0.25) is 19.4 Å². The van der Waals surface area contributed by atoms with Crippen LogP contribution in [0.4, 0.5) is 5.69 Å². The van der Waals surface area contributed by atoms with Crippen molar-refractivity contribution in [1.29, 1.82) is 0 Å². The summed E-state index contributed by atoms with van der Waals surface area (Å²) in [4.78, 5) is 54.9. The number of anilines is 1. The van der Waals surface area contributed by atoms with Crippen molar-refractivity contribution in [2.24, 2.45) is 22.4 Å². The maximum atomic E-state index is 13.9. The first-order valence-electron chi connectivity index (χ1n) is 11.2. The fourth-order valence-electron chi connectivity index (χ4n) is 5.30. The Morgan fingerprint density at radius 2 is 1.59 bits per heavy atom. The third-order valence-electron chi connectivity index (χ3n) is 6.85. The van der Waals surface area contributed by atoms with Crippen LogP contribution in [-0.4, -0.2) is 47.9 Å². The molecule has 2 saturated heterocycles. The summed E-state index contributed by atoms with van der Waals surface area (Å²) in [5, 5.41) is 6.19. The predicted molar refractivity (Wildman–Crippen MR) is 124 cm³/mol. The van der Waals surface area contributed by atoms with Gasteiger partial charge in [-0.25, -0.2) is 9.69 Å². The first-order valence-corrected chi connectivity index (χ1v) is 11.2. The second-order valence-corrected chi connectivity index (χ2v) is 9.83. The van der Waals surface area contributed by atoms with Crippen molar-refractivity contribution in [1.82, 2.24) is 5.01 Å². The predicted octanol–water partition coefficient (Wildman–Crippen LogP) is 2.97. The lowest BCUT2D eigenvalue weighted by molar-refractivity contribution is -0.136. The molecule has 0 saturated carbocycles. The van der Waals surface area contributed by atoms with Crippen molar-refractivity contribution in [3.05, 3.63) is 65.2 Å². The first-order chi connectivity index (χ1) is 16.2. The van der Waals surface area contributed by atoms with Crippen LogP contribution in [0, 0.1) is 17.3 Å². The molecule has 0 unspecified atom stereocenters. The minimum Gasteiger partial charge on any atom is -0.465 e. The molecule has 8 nitrogen and oxygen atoms in total. The number of para-hydroxylation sites is 1. The molecule has 8 heteroatoms. The summed E-state index contributed by atoms with van der Waals surface area (Å²) in [5.74, 6) is -3.49. The van der Waals surface area contributed by atoms with Gasteiger partial charge in [-0.1, -0.05) is 57.2 Å². The molecule has 0 aliphatic carbocycles. The van der Waals surface area contributed by atoms with E-state index >= 15 is 0 Å². The molecule has 174 valence electrons. The number of carbonyl (C=O) groups excluding carboxylic acids is 4. The highest BCUT2D eigenvalue weighted by molar-refractivity contribution is 6.25. The van der Waals surface area contributed by atoms with Crippen LogP contribution in [0.1, 0.15) is 48.3 Å². The van der Waals surface area contributed by atoms with Gasteiger partial charge in [0.25, 0.3) is 0 Å². The molecule has 4 atom stereocenters. The molecular formula is C26H25N3O5. The number of esters is 1. The monoisotopic (exact) mass is 459 g/mol. The Hall–Kier alpha value is -3.81. The van der Waals surface area contributed by atoms with Gasteiger partial charge in [0.15, 0.2) is 5.78 Å². The van der Waals surface area contributed by atoms with Crippen LogP contribution in [0.5, 0.6) is 0 Å². The van der Waals surface area contributed by atoms with Crippen LogP contribution in [0.2, 0.25) is 0 Å². The minimum absolute atomic E-state index is 0.115. The highest BCUT2D eigenvalue weighted by atomic mass is 16.5. The SMILES string of the molecule is COC(=O)c1ccccc1N1C(=O)[C@H]2[C@H](C1=O)[C@H]1c3ccccc3C=NN1[C@@H]2C(=O)C(C)(C)C. The molecule has 0 bridgehead atoms. The zero-order chi connectivity index (χ0) is 24.4. The molecule has 3 heterocycles. The Bertz CT molecular complexity index is 1260. The topological polar surface area (TPSA) is 96.3 Å². The minimum atomic E-state index is -0.918. The molecule has 0 aromatic heterocycles. The highest BCUT2D eigenvalue weighted by Gasteiger charge is 2.66. The zero-order valence-corrected chi connectivity index (χ0v) is 19.4. The van der Waals surface area contributed by atoms with E-state index in [0.717, 1.165) is 16.0 Å². The number of Topliss-reactive ketones (excluding diaryl/α,β-unsaturated/α-hetero) is 1. The lowest BCUT2D eigenvalue weighted by atomic mass is 9.79. The summed E-state index contributed by atoms with van der Waals surface area (Å²) in [6.45, 7) is 5.39. The highest BCUT2D eigenvalue weighted by Crippen LogP contribution is 2.53. The van der Waals surface area contributed by atoms with Gasteiger partial charge in [0.2, 0.25) is 11.8 Å². The van der Waals surface area contributed by atoms with E-state index in [-0.39, 0.29) is 17.0 Å². The molecule has 2 aromatic carbocycles. The number of hydrogen-bond acceptors (Lipinski definition) is 7. The Balaban J connectivity index is 1.68. The third-order valence-corrected chi connectivity index (χ3v) is 6.85. The lowest BCUT2D eigenvalue weighted by Gasteiger charge is -2.35. The molecule has 3 aliphatic rings. The van der Waals surface area contributed by atoms with Gasteiger partial charge in [0.05, 0.1) is 42.5 Å². The molecular weight excluding hydrogens is 434 g/mol. The van der Waals surface area contributed by atoms with Crippen molar-refractivity contribution < 1.29 is 23.9 Å². The first kappa shape index (κ1) is 22.0. The Morgan fingerprint density at radius 1 is 0.941 bits per heavy atom. The number of rotatable bonds is 3. The van der Waals surface area contributed by atoms with E-state index in [0.29, 0.717) is 0 Å². The number of amides is 2. The van der Waals surface area contributed by atoms with Crippen LogP contribution in [0.15, 0.2) is 53.6 Å². The fraction of sp³-hybridized carbons (Fsp3) is 0.346. The average Bonchev–Trinajstić information content (AvgIpc) is 3.30. The normalized spacial score (nSPS) is 25.2. The second-order valence-electron chi connectivity index (χ2n) is 9.83. The summed E-state index contributed by atoms with van der Waals surface area (Å²) in [5.41, 5.74) is 1.22. The van der Waals surface area contributed by atoms with Gasteiger partial charge in [-0.2, -0.15) is 5.10 Å². The van der Waals surface area contributed by atoms with Crippen molar-refractivity contribution >= 4 is 35.5 Å². The van der Waals surface area contributed by atoms with Crippen LogP contribution >= 0.6 is 0 Å². The number of ether oxygens (including phenoxy) is 1. The Labute approximate surface area is 197 Å². The lowest BCUT2D eigenvalue weighted by Crippen LogP contribution is -2.48. The molecule has 0 spiro atoms. The van der Waals surface area contributed by atoms with Gasteiger partial charge in [0.1, 0.15) is 6.04 Å². The zero-order valence-electron chi connectivity index (χ0n) is 19.4. The number of carbonyl (C=O) groups is 4. The molecule has 2 fully saturated rings. The van der Waals surface area contributed by atoms with E-state index < -0.39 is 47.1 Å². The number of hydrazone groups is 1. The van der Waals surface area contributed by atoms with E-state index in [2.05, 4.69) is 5.10 Å². The Kier molecular flexibility index (Phi) is 4.93. The summed E-state index contributed by atoms with van der Waals surface area (Å²) in [6.07, 6.45) is 1.68. The van der Waals surface area contributed by atoms with E-state index in [9.17, 15) is 19.2 Å². The van der Waals surface area contributed by atoms with Gasteiger partial charge >= 0.3 is 5.97 Å². The molecule has 3 aliphatic heterocycles. The molecule has 0 radical (unpaired) electrons. The van der Waals surface area contributed by atoms with Crippen LogP contribution < -0.4 is 4.90 Å². The average molecular weight is 460 g/mol. The van der Waals surface area contributed by atoms with Crippen LogP contribution in [-0.2, 0) is 19.1 Å². The molecule has 5 rings (SSSR count). The van der Waals surface area contributed by atoms with Gasteiger partial charge in [0, 0.05) is 5.41 Å². The molecule has 2 aromatic rings. The molecule has 2 amide bonds. The summed E-state index contributed by atoms with van der Waals surface area (Å²) >= 11 is 0. The van der Waals surface area contributed by atoms with Crippen molar-refractivity contribution in [3.63, 3.8) is 0 Å². The van der Waals surface area contributed by atoms with E-state index in [1.54, 1.807) is 50.2 Å². The maximum Gasteiger partial charge on any atom is 0.339 e. The van der Waals surface area contributed by atoms with Crippen molar-refractivity contribution in [3.8, 4) is 0 Å². The summed E-state index contributed by atoms with van der Waals surface area (Å²) in [6, 6.07) is 12.5. The number of fused-ring (bicyclic) bond motifs is 5. The quantitative estimate of drug-likeness (QED) is 0.517. The molecule has 0 N–H and O–H groups in total. The number of benzene rings is 2. The van der Waals surface area contributed by atoms with E-state index in [4.69, 9.17) is 4.74 Å². The van der Waals surface area contributed by atoms with E-state index in [1.165, 1.54) is 13.2 Å². The van der Waals surface area contributed by atoms with Gasteiger partial charge < -0.3 is 4.74 Å². The standard InChI is InChI=1S/C26H25N3O5/c1-26(2,3)22(30)21-19-18(20-15-10-6-5-9-14(15)13-27-29(20)21)23(31)28(24(19)32)17-12-8-7-11-16(17)25(33)34-4/h5-13,18-21H,1-4H3/t18-,19-,20+,21-/m0/s1. The number of methoxy groups -OCH3 is 1. The maximum absolute atomic E-state index is 13.9. The fourth-order valence-corrected chi connectivity index (χ4v) is 5.30. The third kappa shape index (κ3) is 3.01. The molecule has 34 heavy (non-hydrogen) atoms. The number of hydrogen-bond donors (Lipinski definition) is 0. The van der Waals surface area contributed by atoms with Crippen LogP contribution in [0.25, 0.3) is 0 Å². The summed E-state index contributed by atoms with van der Waals surface area (Å²) < 4.78 is 4.87. The largest absolute Gasteiger partial charge is 0.465 e. The van der Waals surface area contributed by atoms with Gasteiger partial charge in [-0.05, 0) is 23.3 Å². The number of nitrogens with zero attached hydrogens (tertiary/aromatic N) is 3. The Morgan fingerprint density at radius 3 is 2.29 bits per heavy atom. The second kappa shape index (κ2) is 7.62. The van der Waals surface area contributed by atoms with Crippen molar-refractivity contribution in [2.45, 2.75) is 32.9 Å². The summed E-state index contributed by atoms with van der Waals surface area (Å²) in [7, 11) is 1.24. The van der Waals surface area contributed by atoms with E-state index in [1.807, 2.05) is 24.3 Å². The van der Waals surface area contributed by atoms with Crippen LogP contribution in [0.3, 0.4) is 0 Å². The number of imide groups is 1. The van der Waals surface area contributed by atoms with Gasteiger partial charge in [-0.15, -0.1) is 0 Å². The number of ketones is 1. The smallest absolute Gasteiger partial charge is 0.339 e. The van der Waals surface area contributed by atoms with Crippen molar-refractivity contribution in [2.75, 3.05) is 12.0 Å².